The Morgan fingerprint density at radius 3 is 2.47 bits per heavy atom. The number of aliphatic carboxylic acids is 1. The van der Waals surface area contributed by atoms with E-state index in [0.29, 0.717) is 21.7 Å². The van der Waals surface area contributed by atoms with E-state index in [1.807, 2.05) is 0 Å². The van der Waals surface area contributed by atoms with Crippen molar-refractivity contribution < 1.29 is 9.90 Å². The van der Waals surface area contributed by atoms with E-state index in [9.17, 15) is 9.90 Å². The number of carboxylic acids is 1. The molecule has 1 saturated carbocycles. The number of carbonyl (C=O) groups is 1. The van der Waals surface area contributed by atoms with Crippen LogP contribution in [0.4, 0.5) is 5.69 Å². The van der Waals surface area contributed by atoms with E-state index >= 15 is 0 Å². The van der Waals surface area contributed by atoms with Gasteiger partial charge in [0.05, 0.1) is 21.8 Å². The van der Waals surface area contributed by atoms with Crippen molar-refractivity contribution >= 4 is 41.1 Å². The van der Waals surface area contributed by atoms with E-state index in [2.05, 4.69) is 5.10 Å². The standard InChI is InChI=1S/C13H12Cl2N2O2/c14-9-2-1-3-10(15)12(9)17-11(7-4-5-7)8(6-16-17)13(18)19/h1-3,6-8,11H,4-5H2,(H,18,19). The molecular formula is C13H12Cl2N2O2. The highest BCUT2D eigenvalue weighted by molar-refractivity contribution is 6.39. The summed E-state index contributed by atoms with van der Waals surface area (Å²) in [4.78, 5) is 11.3. The minimum Gasteiger partial charge on any atom is -0.481 e. The predicted octanol–water partition coefficient (Wildman–Crippen LogP) is 3.28. The lowest BCUT2D eigenvalue weighted by atomic mass is 9.97. The number of anilines is 1. The highest BCUT2D eigenvalue weighted by Crippen LogP contribution is 2.45. The quantitative estimate of drug-likeness (QED) is 0.932. The van der Waals surface area contributed by atoms with Crippen LogP contribution in [-0.4, -0.2) is 23.3 Å². The van der Waals surface area contributed by atoms with Crippen molar-refractivity contribution in [2.45, 2.75) is 18.9 Å². The molecule has 1 heterocycles. The molecule has 1 N–H and O–H groups in total. The molecule has 2 unspecified atom stereocenters. The first kappa shape index (κ1) is 12.8. The Bertz CT molecular complexity index is 537. The molecule has 1 aromatic rings. The number of nitrogens with zero attached hydrogens (tertiary/aromatic N) is 2. The van der Waals surface area contributed by atoms with E-state index < -0.39 is 11.9 Å². The molecule has 0 bridgehead atoms. The third-order valence-corrected chi connectivity index (χ3v) is 4.17. The van der Waals surface area contributed by atoms with Gasteiger partial charge in [0.25, 0.3) is 0 Å². The van der Waals surface area contributed by atoms with Crippen LogP contribution < -0.4 is 5.01 Å². The van der Waals surface area contributed by atoms with E-state index in [-0.39, 0.29) is 6.04 Å². The van der Waals surface area contributed by atoms with Crippen molar-refractivity contribution in [3.8, 4) is 0 Å². The van der Waals surface area contributed by atoms with Crippen LogP contribution in [0.15, 0.2) is 23.3 Å². The van der Waals surface area contributed by atoms with Gasteiger partial charge >= 0.3 is 5.97 Å². The Morgan fingerprint density at radius 2 is 1.95 bits per heavy atom. The normalized spacial score (nSPS) is 25.9. The zero-order valence-corrected chi connectivity index (χ0v) is 11.5. The number of para-hydroxylation sites is 1. The number of rotatable bonds is 3. The Morgan fingerprint density at radius 1 is 1.32 bits per heavy atom. The van der Waals surface area contributed by atoms with Crippen molar-refractivity contribution in [2.24, 2.45) is 16.9 Å². The fourth-order valence-corrected chi connectivity index (χ4v) is 3.09. The van der Waals surface area contributed by atoms with E-state index in [4.69, 9.17) is 23.2 Å². The number of hydrogen-bond donors (Lipinski definition) is 1. The predicted molar refractivity (Wildman–Crippen MR) is 75.1 cm³/mol. The molecule has 6 heteroatoms. The van der Waals surface area contributed by atoms with Gasteiger partial charge in [-0.25, -0.2) is 0 Å². The van der Waals surface area contributed by atoms with Crippen LogP contribution in [0.25, 0.3) is 0 Å². The Labute approximate surface area is 120 Å². The number of hydrogen-bond acceptors (Lipinski definition) is 3. The second kappa shape index (κ2) is 4.69. The number of halogens is 2. The maximum atomic E-state index is 11.3. The molecule has 0 radical (unpaired) electrons. The van der Waals surface area contributed by atoms with Gasteiger partial charge in [0, 0.05) is 6.21 Å². The van der Waals surface area contributed by atoms with Gasteiger partial charge in [-0.2, -0.15) is 5.10 Å². The molecule has 1 aromatic carbocycles. The van der Waals surface area contributed by atoms with E-state index in [1.165, 1.54) is 6.21 Å². The van der Waals surface area contributed by atoms with Gasteiger partial charge in [0.15, 0.2) is 0 Å². The molecule has 0 amide bonds. The molecule has 0 aromatic heterocycles. The van der Waals surface area contributed by atoms with Gasteiger partial charge in [-0.1, -0.05) is 29.3 Å². The largest absolute Gasteiger partial charge is 0.481 e. The zero-order valence-electron chi connectivity index (χ0n) is 9.96. The van der Waals surface area contributed by atoms with Gasteiger partial charge in [-0.15, -0.1) is 0 Å². The molecule has 1 aliphatic carbocycles. The summed E-state index contributed by atoms with van der Waals surface area (Å²) in [5, 5.41) is 16.2. The second-order valence-corrected chi connectivity index (χ2v) is 5.69. The van der Waals surface area contributed by atoms with Crippen LogP contribution in [-0.2, 0) is 4.79 Å². The topological polar surface area (TPSA) is 52.9 Å². The Balaban J connectivity index is 2.00. The van der Waals surface area contributed by atoms with Gasteiger partial charge < -0.3 is 5.11 Å². The molecule has 2 atom stereocenters. The highest BCUT2D eigenvalue weighted by atomic mass is 35.5. The van der Waals surface area contributed by atoms with Crippen LogP contribution in [0.3, 0.4) is 0 Å². The third-order valence-electron chi connectivity index (χ3n) is 3.56. The first-order valence-electron chi connectivity index (χ1n) is 6.09. The maximum absolute atomic E-state index is 11.3. The lowest BCUT2D eigenvalue weighted by Crippen LogP contribution is -2.38. The molecule has 2 aliphatic rings. The van der Waals surface area contributed by atoms with Gasteiger partial charge in [-0.05, 0) is 30.9 Å². The van der Waals surface area contributed by atoms with Crippen molar-refractivity contribution in [1.29, 1.82) is 0 Å². The van der Waals surface area contributed by atoms with Crippen LogP contribution in [0, 0.1) is 11.8 Å². The molecule has 4 nitrogen and oxygen atoms in total. The van der Waals surface area contributed by atoms with E-state index in [1.54, 1.807) is 23.2 Å². The fraction of sp³-hybridized carbons (Fsp3) is 0.385. The minimum absolute atomic E-state index is 0.185. The van der Waals surface area contributed by atoms with E-state index in [0.717, 1.165) is 12.8 Å². The van der Waals surface area contributed by atoms with Gasteiger partial charge in [0.2, 0.25) is 0 Å². The first-order chi connectivity index (χ1) is 9.09. The monoisotopic (exact) mass is 298 g/mol. The average molecular weight is 299 g/mol. The molecule has 0 saturated heterocycles. The number of benzene rings is 1. The SMILES string of the molecule is O=C(O)C1C=NN(c2c(Cl)cccc2Cl)C1C1CC1. The van der Waals surface area contributed by atoms with Crippen LogP contribution >= 0.6 is 23.2 Å². The van der Waals surface area contributed by atoms with Crippen molar-refractivity contribution in [1.82, 2.24) is 0 Å². The second-order valence-electron chi connectivity index (χ2n) is 4.87. The van der Waals surface area contributed by atoms with Crippen LogP contribution in [0.5, 0.6) is 0 Å². The lowest BCUT2D eigenvalue weighted by molar-refractivity contribution is -0.139. The summed E-state index contributed by atoms with van der Waals surface area (Å²) in [6.45, 7) is 0. The molecule has 3 rings (SSSR count). The van der Waals surface area contributed by atoms with Crippen LogP contribution in [0.2, 0.25) is 10.0 Å². The first-order valence-corrected chi connectivity index (χ1v) is 6.85. The van der Waals surface area contributed by atoms with Crippen LogP contribution in [0.1, 0.15) is 12.8 Å². The summed E-state index contributed by atoms with van der Waals surface area (Å²) in [7, 11) is 0. The lowest BCUT2D eigenvalue weighted by Gasteiger charge is -2.27. The minimum atomic E-state index is -0.855. The highest BCUT2D eigenvalue weighted by Gasteiger charge is 2.47. The summed E-state index contributed by atoms with van der Waals surface area (Å²) in [6.07, 6.45) is 3.53. The Kier molecular flexibility index (Phi) is 3.15. The summed E-state index contributed by atoms with van der Waals surface area (Å²) in [6, 6.07) is 5.04. The molecule has 100 valence electrons. The van der Waals surface area contributed by atoms with Gasteiger partial charge in [-0.3, -0.25) is 9.80 Å². The summed E-state index contributed by atoms with van der Waals surface area (Å²) in [5.74, 6) is -1.11. The summed E-state index contributed by atoms with van der Waals surface area (Å²) < 4.78 is 0. The molecule has 1 fully saturated rings. The molecular weight excluding hydrogens is 287 g/mol. The van der Waals surface area contributed by atoms with Crippen molar-refractivity contribution in [3.05, 3.63) is 28.2 Å². The smallest absolute Gasteiger partial charge is 0.314 e. The molecule has 19 heavy (non-hydrogen) atoms. The zero-order chi connectivity index (χ0) is 13.6. The third kappa shape index (κ3) is 2.19. The number of hydrazone groups is 1. The van der Waals surface area contributed by atoms with Crippen molar-refractivity contribution in [3.63, 3.8) is 0 Å². The fourth-order valence-electron chi connectivity index (χ4n) is 2.52. The number of carboxylic acid groups (broad SMARTS) is 1. The maximum Gasteiger partial charge on any atom is 0.314 e. The van der Waals surface area contributed by atoms with Gasteiger partial charge in [0.1, 0.15) is 5.92 Å². The van der Waals surface area contributed by atoms with Crippen molar-refractivity contribution in [2.75, 3.05) is 5.01 Å². The molecule has 0 spiro atoms. The summed E-state index contributed by atoms with van der Waals surface area (Å²) in [5.41, 5.74) is 0.600. The average Bonchev–Trinajstić information content (AvgIpc) is 3.09. The summed E-state index contributed by atoms with van der Waals surface area (Å²) >= 11 is 12.4. The molecule has 1 aliphatic heterocycles. The Hall–Kier alpha value is -1.26.